The van der Waals surface area contributed by atoms with Gasteiger partial charge in [0.1, 0.15) is 17.4 Å². The molecule has 0 aliphatic heterocycles. The van der Waals surface area contributed by atoms with E-state index >= 15 is 0 Å². The van der Waals surface area contributed by atoms with Crippen molar-refractivity contribution >= 4 is 22.6 Å². The molecule has 2 heterocycles. The first kappa shape index (κ1) is 20.1. The van der Waals surface area contributed by atoms with E-state index in [-0.39, 0.29) is 27.9 Å². The summed E-state index contributed by atoms with van der Waals surface area (Å²) in [5.41, 5.74) is -0.616. The lowest BCUT2D eigenvalue weighted by Gasteiger charge is -2.13. The Morgan fingerprint density at radius 3 is 2.52 bits per heavy atom. The number of carbonyl (C=O) groups excluding carboxylic acids is 1. The molecule has 31 heavy (non-hydrogen) atoms. The fourth-order valence-corrected chi connectivity index (χ4v) is 2.97. The topological polar surface area (TPSA) is 97.0 Å². The van der Waals surface area contributed by atoms with E-state index in [1.807, 2.05) is 0 Å². The van der Waals surface area contributed by atoms with Crippen LogP contribution in [0, 0.1) is 0 Å². The Kier molecular flexibility index (Phi) is 5.12. The van der Waals surface area contributed by atoms with Gasteiger partial charge in [-0.15, -0.1) is 13.2 Å². The molecule has 0 bridgehead atoms. The van der Waals surface area contributed by atoms with E-state index in [0.29, 0.717) is 5.82 Å². The van der Waals surface area contributed by atoms with Crippen molar-refractivity contribution in [1.82, 2.24) is 15.0 Å². The average molecular weight is 426 g/mol. The van der Waals surface area contributed by atoms with Gasteiger partial charge in [-0.25, -0.2) is 9.97 Å². The number of halogens is 3. The third-order valence-electron chi connectivity index (χ3n) is 4.26. The number of pyridine rings is 1. The number of ether oxygens (including phenoxy) is 1. The Bertz CT molecular complexity index is 1320. The zero-order valence-corrected chi connectivity index (χ0v) is 15.6. The van der Waals surface area contributed by atoms with Crippen molar-refractivity contribution in [3.05, 3.63) is 82.8 Å². The second-order valence-corrected chi connectivity index (χ2v) is 6.33. The quantitative estimate of drug-likeness (QED) is 0.511. The molecular weight excluding hydrogens is 413 g/mol. The molecule has 7 nitrogen and oxygen atoms in total. The van der Waals surface area contributed by atoms with Gasteiger partial charge in [-0.05, 0) is 36.4 Å². The first-order valence-corrected chi connectivity index (χ1v) is 8.92. The average Bonchev–Trinajstić information content (AvgIpc) is 2.73. The lowest BCUT2D eigenvalue weighted by atomic mass is 10.1. The number of nitrogens with zero attached hydrogens (tertiary/aromatic N) is 2. The van der Waals surface area contributed by atoms with E-state index in [0.717, 1.165) is 6.07 Å². The number of alkyl halides is 3. The highest BCUT2D eigenvalue weighted by Crippen LogP contribution is 2.32. The second-order valence-electron chi connectivity index (χ2n) is 6.33. The summed E-state index contributed by atoms with van der Waals surface area (Å²) in [6.45, 7) is 0. The van der Waals surface area contributed by atoms with Gasteiger partial charge < -0.3 is 15.0 Å². The van der Waals surface area contributed by atoms with Gasteiger partial charge in [-0.1, -0.05) is 24.3 Å². The number of aromatic amines is 1. The van der Waals surface area contributed by atoms with Crippen LogP contribution in [-0.4, -0.2) is 27.2 Å². The molecule has 4 aromatic rings. The standard InChI is InChI=1S/C21H13F3N4O3/c22-21(23,24)31-15-9-2-1-6-12(15)18-27-17-13(7-5-8-14(17)20(30)28-18)19(29)26-16-10-3-4-11-25-16/h1-11H,(H,25,26,29)(H,27,28,30). The zero-order valence-electron chi connectivity index (χ0n) is 15.6. The maximum absolute atomic E-state index is 12.8. The third kappa shape index (κ3) is 4.37. The maximum atomic E-state index is 12.8. The second kappa shape index (κ2) is 7.90. The lowest BCUT2D eigenvalue weighted by Crippen LogP contribution is -2.19. The molecule has 10 heteroatoms. The number of anilines is 1. The van der Waals surface area contributed by atoms with Crippen molar-refractivity contribution in [2.24, 2.45) is 0 Å². The predicted octanol–water partition coefficient (Wildman–Crippen LogP) is 4.14. The van der Waals surface area contributed by atoms with E-state index in [4.69, 9.17) is 0 Å². The molecule has 2 N–H and O–H groups in total. The van der Waals surface area contributed by atoms with Crippen LogP contribution in [-0.2, 0) is 0 Å². The Balaban J connectivity index is 1.83. The Hall–Kier alpha value is -4.21. The maximum Gasteiger partial charge on any atom is 0.573 e. The van der Waals surface area contributed by atoms with Crippen molar-refractivity contribution in [2.75, 3.05) is 5.32 Å². The Morgan fingerprint density at radius 1 is 1.00 bits per heavy atom. The molecule has 2 aromatic carbocycles. The molecule has 2 aromatic heterocycles. The number of carbonyl (C=O) groups is 1. The van der Waals surface area contributed by atoms with Gasteiger partial charge in [-0.3, -0.25) is 9.59 Å². The molecule has 156 valence electrons. The number of hydrogen-bond donors (Lipinski definition) is 2. The van der Waals surface area contributed by atoms with Crippen molar-refractivity contribution in [3.63, 3.8) is 0 Å². The minimum absolute atomic E-state index is 0.0245. The summed E-state index contributed by atoms with van der Waals surface area (Å²) in [7, 11) is 0. The summed E-state index contributed by atoms with van der Waals surface area (Å²) in [4.78, 5) is 36.1. The van der Waals surface area contributed by atoms with Gasteiger partial charge in [0, 0.05) is 6.20 Å². The van der Waals surface area contributed by atoms with Gasteiger partial charge >= 0.3 is 6.36 Å². The van der Waals surface area contributed by atoms with Crippen LogP contribution in [0.3, 0.4) is 0 Å². The summed E-state index contributed by atoms with van der Waals surface area (Å²) in [6, 6.07) is 14.6. The van der Waals surface area contributed by atoms with Crippen LogP contribution in [0.1, 0.15) is 10.4 Å². The largest absolute Gasteiger partial charge is 0.573 e. The number of rotatable bonds is 4. The van der Waals surface area contributed by atoms with Crippen LogP contribution >= 0.6 is 0 Å². The molecule has 0 fully saturated rings. The highest BCUT2D eigenvalue weighted by molar-refractivity contribution is 6.11. The summed E-state index contributed by atoms with van der Waals surface area (Å²) >= 11 is 0. The fourth-order valence-electron chi connectivity index (χ4n) is 2.97. The molecule has 0 unspecified atom stereocenters. The molecule has 0 spiro atoms. The minimum atomic E-state index is -4.93. The van der Waals surface area contributed by atoms with E-state index in [9.17, 15) is 22.8 Å². The molecule has 0 aliphatic carbocycles. The van der Waals surface area contributed by atoms with Gasteiger partial charge in [0.15, 0.2) is 0 Å². The van der Waals surface area contributed by atoms with Crippen molar-refractivity contribution in [2.45, 2.75) is 6.36 Å². The van der Waals surface area contributed by atoms with Gasteiger partial charge in [0.2, 0.25) is 0 Å². The van der Waals surface area contributed by atoms with Gasteiger partial charge in [-0.2, -0.15) is 0 Å². The van der Waals surface area contributed by atoms with Crippen molar-refractivity contribution in [1.29, 1.82) is 0 Å². The molecule has 4 rings (SSSR count). The van der Waals surface area contributed by atoms with Crippen molar-refractivity contribution in [3.8, 4) is 17.1 Å². The number of fused-ring (bicyclic) bond motifs is 1. The van der Waals surface area contributed by atoms with Crippen LogP contribution in [0.25, 0.3) is 22.3 Å². The monoisotopic (exact) mass is 426 g/mol. The van der Waals surface area contributed by atoms with E-state index in [2.05, 4.69) is 25.0 Å². The number of H-pyrrole nitrogens is 1. The summed E-state index contributed by atoms with van der Waals surface area (Å²) in [5.74, 6) is -0.991. The normalized spacial score (nSPS) is 11.3. The fraction of sp³-hybridized carbons (Fsp3) is 0.0476. The molecular formula is C21H13F3N4O3. The molecule has 0 saturated carbocycles. The first-order valence-electron chi connectivity index (χ1n) is 8.92. The predicted molar refractivity (Wildman–Crippen MR) is 107 cm³/mol. The van der Waals surface area contributed by atoms with E-state index in [1.54, 1.807) is 18.2 Å². The molecule has 0 aliphatic rings. The third-order valence-corrected chi connectivity index (χ3v) is 4.26. The van der Waals surface area contributed by atoms with E-state index in [1.165, 1.54) is 42.6 Å². The van der Waals surface area contributed by atoms with Gasteiger partial charge in [0.25, 0.3) is 11.5 Å². The summed E-state index contributed by atoms with van der Waals surface area (Å²) in [5, 5.41) is 2.70. The molecule has 0 radical (unpaired) electrons. The smallest absolute Gasteiger partial charge is 0.405 e. The number of benzene rings is 2. The number of aromatic nitrogens is 3. The van der Waals surface area contributed by atoms with Crippen LogP contribution < -0.4 is 15.6 Å². The molecule has 0 saturated heterocycles. The number of para-hydroxylation sites is 2. The summed E-state index contributed by atoms with van der Waals surface area (Å²) in [6.07, 6.45) is -3.43. The Morgan fingerprint density at radius 2 is 1.77 bits per heavy atom. The lowest BCUT2D eigenvalue weighted by molar-refractivity contribution is -0.274. The number of nitrogens with one attached hydrogen (secondary N) is 2. The van der Waals surface area contributed by atoms with E-state index < -0.39 is 23.6 Å². The number of hydrogen-bond acceptors (Lipinski definition) is 5. The van der Waals surface area contributed by atoms with Crippen LogP contribution in [0.15, 0.2) is 71.7 Å². The zero-order chi connectivity index (χ0) is 22.0. The van der Waals surface area contributed by atoms with Crippen LogP contribution in [0.2, 0.25) is 0 Å². The minimum Gasteiger partial charge on any atom is -0.405 e. The van der Waals surface area contributed by atoms with Crippen molar-refractivity contribution < 1.29 is 22.7 Å². The van der Waals surface area contributed by atoms with Crippen LogP contribution in [0.4, 0.5) is 19.0 Å². The highest BCUT2D eigenvalue weighted by Gasteiger charge is 2.32. The van der Waals surface area contributed by atoms with Gasteiger partial charge in [0.05, 0.1) is 22.0 Å². The number of amides is 1. The van der Waals surface area contributed by atoms with Crippen LogP contribution in [0.5, 0.6) is 5.75 Å². The SMILES string of the molecule is O=C(Nc1ccccn1)c1cccc2c(=O)[nH]c(-c3ccccc3OC(F)(F)F)nc12. The first-order chi connectivity index (χ1) is 14.8. The highest BCUT2D eigenvalue weighted by atomic mass is 19.4. The summed E-state index contributed by atoms with van der Waals surface area (Å²) < 4.78 is 42.4. The molecule has 0 atom stereocenters. The molecule has 1 amide bonds. The Labute approximate surface area is 172 Å².